The highest BCUT2D eigenvalue weighted by Crippen LogP contribution is 2.34. The van der Waals surface area contributed by atoms with E-state index >= 15 is 0 Å². The molecule has 6 heteroatoms. The zero-order valence-electron chi connectivity index (χ0n) is 10.7. The lowest BCUT2D eigenvalue weighted by Crippen LogP contribution is -2.37. The van der Waals surface area contributed by atoms with Gasteiger partial charge in [0.05, 0.1) is 15.7 Å². The summed E-state index contributed by atoms with van der Waals surface area (Å²) in [6.07, 6.45) is 2.13. The molecule has 1 N–H and O–H groups in total. The van der Waals surface area contributed by atoms with Gasteiger partial charge in [-0.15, -0.1) is 0 Å². The highest BCUT2D eigenvalue weighted by atomic mass is 35.5. The Hall–Kier alpha value is -0.650. The highest BCUT2D eigenvalue weighted by molar-refractivity contribution is 7.91. The summed E-state index contributed by atoms with van der Waals surface area (Å²) in [6.45, 7) is 2.69. The van der Waals surface area contributed by atoms with Crippen LogP contribution < -0.4 is 5.32 Å². The quantitative estimate of drug-likeness (QED) is 0.822. The SMILES string of the molecule is CCNC(CS(=O)(=O)c1ccc(F)c(Cl)c1)C1CC1. The van der Waals surface area contributed by atoms with Gasteiger partial charge in [0.15, 0.2) is 9.84 Å². The van der Waals surface area contributed by atoms with Crippen LogP contribution in [0.3, 0.4) is 0 Å². The summed E-state index contributed by atoms with van der Waals surface area (Å²) in [5.41, 5.74) is 0. The summed E-state index contributed by atoms with van der Waals surface area (Å²) in [4.78, 5) is 0.0856. The first kappa shape index (κ1) is 14.8. The van der Waals surface area contributed by atoms with E-state index in [1.165, 1.54) is 12.1 Å². The average molecular weight is 306 g/mol. The molecular weight excluding hydrogens is 289 g/mol. The van der Waals surface area contributed by atoms with Gasteiger partial charge in [-0.3, -0.25) is 0 Å². The van der Waals surface area contributed by atoms with Crippen molar-refractivity contribution in [2.45, 2.75) is 30.7 Å². The van der Waals surface area contributed by atoms with Crippen LogP contribution in [0.4, 0.5) is 4.39 Å². The maximum atomic E-state index is 13.1. The molecule has 0 bridgehead atoms. The second kappa shape index (κ2) is 5.77. The summed E-state index contributed by atoms with van der Waals surface area (Å²) < 4.78 is 37.7. The van der Waals surface area contributed by atoms with Gasteiger partial charge in [0.1, 0.15) is 5.82 Å². The molecular formula is C13H17ClFNO2S. The van der Waals surface area contributed by atoms with Crippen molar-refractivity contribution < 1.29 is 12.8 Å². The molecule has 1 unspecified atom stereocenters. The third-order valence-electron chi connectivity index (χ3n) is 3.31. The van der Waals surface area contributed by atoms with Gasteiger partial charge in [-0.2, -0.15) is 0 Å². The third kappa shape index (κ3) is 3.68. The van der Waals surface area contributed by atoms with Crippen molar-refractivity contribution in [3.8, 4) is 0 Å². The first-order valence-corrected chi connectivity index (χ1v) is 8.38. The van der Waals surface area contributed by atoms with Gasteiger partial charge >= 0.3 is 0 Å². The summed E-state index contributed by atoms with van der Waals surface area (Å²) in [6, 6.07) is 3.52. The lowest BCUT2D eigenvalue weighted by atomic mass is 10.2. The van der Waals surface area contributed by atoms with E-state index in [1.807, 2.05) is 6.92 Å². The van der Waals surface area contributed by atoms with Gasteiger partial charge in [-0.1, -0.05) is 18.5 Å². The van der Waals surface area contributed by atoms with Gasteiger partial charge in [0, 0.05) is 6.04 Å². The number of benzene rings is 1. The van der Waals surface area contributed by atoms with E-state index in [4.69, 9.17) is 11.6 Å². The molecule has 2 rings (SSSR count). The van der Waals surface area contributed by atoms with Gasteiger partial charge in [-0.05, 0) is 43.5 Å². The molecule has 1 atom stereocenters. The topological polar surface area (TPSA) is 46.2 Å². The van der Waals surface area contributed by atoms with Gasteiger partial charge in [0.25, 0.3) is 0 Å². The van der Waals surface area contributed by atoms with E-state index in [1.54, 1.807) is 0 Å². The van der Waals surface area contributed by atoms with Gasteiger partial charge in [0.2, 0.25) is 0 Å². The van der Waals surface area contributed by atoms with E-state index < -0.39 is 15.7 Å². The highest BCUT2D eigenvalue weighted by Gasteiger charge is 2.34. The van der Waals surface area contributed by atoms with Gasteiger partial charge < -0.3 is 5.32 Å². The standard InChI is InChI=1S/C13H17ClFNO2S/c1-2-16-13(9-3-4-9)8-19(17,18)10-5-6-12(15)11(14)7-10/h5-7,9,13,16H,2-4,8H2,1H3. The Balaban J connectivity index is 2.18. The molecule has 1 saturated carbocycles. The van der Waals surface area contributed by atoms with Crippen LogP contribution >= 0.6 is 11.6 Å². The number of nitrogens with one attached hydrogen (secondary N) is 1. The average Bonchev–Trinajstić information content (AvgIpc) is 3.16. The van der Waals surface area contributed by atoms with Crippen LogP contribution in [0.15, 0.2) is 23.1 Å². The summed E-state index contributed by atoms with van der Waals surface area (Å²) >= 11 is 5.64. The summed E-state index contributed by atoms with van der Waals surface area (Å²) in [7, 11) is -3.44. The van der Waals surface area contributed by atoms with Crippen molar-refractivity contribution in [2.24, 2.45) is 5.92 Å². The number of sulfone groups is 1. The van der Waals surface area contributed by atoms with Crippen molar-refractivity contribution in [3.63, 3.8) is 0 Å². The summed E-state index contributed by atoms with van der Waals surface area (Å²) in [5.74, 6) is -0.135. The molecule has 3 nitrogen and oxygen atoms in total. The zero-order valence-corrected chi connectivity index (χ0v) is 12.3. The Kier molecular flexibility index (Phi) is 4.48. The molecule has 0 heterocycles. The van der Waals surface area contributed by atoms with Gasteiger partial charge in [-0.25, -0.2) is 12.8 Å². The molecule has 0 amide bonds. The molecule has 1 fully saturated rings. The molecule has 0 radical (unpaired) electrons. The Labute approximate surface area is 118 Å². The molecule has 19 heavy (non-hydrogen) atoms. The Morgan fingerprint density at radius 2 is 2.16 bits per heavy atom. The second-order valence-corrected chi connectivity index (χ2v) is 7.30. The van der Waals surface area contributed by atoms with Crippen molar-refractivity contribution in [1.29, 1.82) is 0 Å². The summed E-state index contributed by atoms with van der Waals surface area (Å²) in [5, 5.41) is 3.05. The van der Waals surface area contributed by atoms with Crippen LogP contribution in [-0.2, 0) is 9.84 Å². The molecule has 1 aliphatic carbocycles. The predicted octanol–water partition coefficient (Wildman–Crippen LogP) is 2.64. The first-order chi connectivity index (χ1) is 8.94. The van der Waals surface area contributed by atoms with Crippen molar-refractivity contribution in [1.82, 2.24) is 5.32 Å². The fourth-order valence-corrected chi connectivity index (χ4v) is 4.00. The largest absolute Gasteiger partial charge is 0.313 e. The smallest absolute Gasteiger partial charge is 0.179 e. The van der Waals surface area contributed by atoms with E-state index in [-0.39, 0.29) is 21.7 Å². The maximum absolute atomic E-state index is 13.1. The molecule has 1 aromatic rings. The number of rotatable bonds is 6. The lowest BCUT2D eigenvalue weighted by Gasteiger charge is -2.17. The minimum absolute atomic E-state index is 0.0289. The predicted molar refractivity (Wildman–Crippen MR) is 73.7 cm³/mol. The minimum Gasteiger partial charge on any atom is -0.313 e. The van der Waals surface area contributed by atoms with E-state index in [0.29, 0.717) is 5.92 Å². The van der Waals surface area contributed by atoms with Crippen molar-refractivity contribution in [3.05, 3.63) is 29.0 Å². The zero-order chi connectivity index (χ0) is 14.0. The van der Waals surface area contributed by atoms with E-state index in [0.717, 1.165) is 25.5 Å². The molecule has 0 aliphatic heterocycles. The molecule has 0 saturated heterocycles. The second-order valence-electron chi connectivity index (χ2n) is 4.86. The normalized spacial score (nSPS) is 17.4. The van der Waals surface area contributed by atoms with Crippen LogP contribution in [0.1, 0.15) is 19.8 Å². The van der Waals surface area contributed by atoms with Crippen LogP contribution in [0.5, 0.6) is 0 Å². The van der Waals surface area contributed by atoms with Crippen molar-refractivity contribution in [2.75, 3.05) is 12.3 Å². The van der Waals surface area contributed by atoms with E-state index in [9.17, 15) is 12.8 Å². The van der Waals surface area contributed by atoms with Crippen LogP contribution in [0, 0.1) is 11.7 Å². The fraction of sp³-hybridized carbons (Fsp3) is 0.538. The maximum Gasteiger partial charge on any atom is 0.179 e. The lowest BCUT2D eigenvalue weighted by molar-refractivity contribution is 0.502. The molecule has 106 valence electrons. The Morgan fingerprint density at radius 3 is 2.68 bits per heavy atom. The number of hydrogen-bond donors (Lipinski definition) is 1. The number of halogens is 2. The third-order valence-corrected chi connectivity index (χ3v) is 5.37. The number of hydrogen-bond acceptors (Lipinski definition) is 3. The first-order valence-electron chi connectivity index (χ1n) is 6.35. The molecule has 1 aromatic carbocycles. The Bertz CT molecular complexity index is 558. The van der Waals surface area contributed by atoms with Crippen LogP contribution in [0.2, 0.25) is 5.02 Å². The fourth-order valence-electron chi connectivity index (χ4n) is 2.13. The monoisotopic (exact) mass is 305 g/mol. The van der Waals surface area contributed by atoms with E-state index in [2.05, 4.69) is 5.32 Å². The van der Waals surface area contributed by atoms with Crippen LogP contribution in [0.25, 0.3) is 0 Å². The van der Waals surface area contributed by atoms with Crippen molar-refractivity contribution >= 4 is 21.4 Å². The Morgan fingerprint density at radius 1 is 1.47 bits per heavy atom. The molecule has 1 aliphatic rings. The van der Waals surface area contributed by atoms with Crippen LogP contribution in [-0.4, -0.2) is 26.8 Å². The molecule has 0 aromatic heterocycles. The molecule has 0 spiro atoms. The minimum atomic E-state index is -3.44.